The molecular weight excluding hydrogens is 390 g/mol. The Balaban J connectivity index is 1.51. The molecule has 2 aliphatic rings. The summed E-state index contributed by atoms with van der Waals surface area (Å²) in [6.45, 7) is 2.28. The Hall–Kier alpha value is -3.49. The van der Waals surface area contributed by atoms with Gasteiger partial charge in [0.05, 0.1) is 11.8 Å². The molecule has 0 saturated carbocycles. The van der Waals surface area contributed by atoms with Gasteiger partial charge in [-0.2, -0.15) is 0 Å². The van der Waals surface area contributed by atoms with Crippen molar-refractivity contribution < 1.29 is 28.7 Å². The normalized spacial score (nSPS) is 21.1. The van der Waals surface area contributed by atoms with Gasteiger partial charge in [-0.3, -0.25) is 28.9 Å². The zero-order chi connectivity index (χ0) is 21.8. The van der Waals surface area contributed by atoms with Crippen LogP contribution in [-0.2, 0) is 28.7 Å². The predicted molar refractivity (Wildman–Crippen MR) is 107 cm³/mol. The van der Waals surface area contributed by atoms with E-state index >= 15 is 0 Å². The van der Waals surface area contributed by atoms with Crippen LogP contribution < -0.4 is 10.6 Å². The number of esters is 1. The van der Waals surface area contributed by atoms with E-state index in [1.165, 1.54) is 13.8 Å². The third-order valence-electron chi connectivity index (χ3n) is 5.04. The first-order chi connectivity index (χ1) is 14.3. The number of rotatable bonds is 6. The molecule has 1 aliphatic carbocycles. The smallest absolute Gasteiger partial charge is 0.326 e. The number of anilines is 2. The van der Waals surface area contributed by atoms with Crippen LogP contribution in [0.4, 0.5) is 11.4 Å². The average molecular weight is 413 g/mol. The Morgan fingerprint density at radius 1 is 1.00 bits per heavy atom. The molecule has 1 aromatic carbocycles. The maximum absolute atomic E-state index is 12.4. The van der Waals surface area contributed by atoms with E-state index in [2.05, 4.69) is 10.6 Å². The van der Waals surface area contributed by atoms with Gasteiger partial charge < -0.3 is 15.4 Å². The van der Waals surface area contributed by atoms with Crippen LogP contribution in [0.3, 0.4) is 0 Å². The second-order valence-electron chi connectivity index (χ2n) is 7.30. The van der Waals surface area contributed by atoms with E-state index < -0.39 is 36.4 Å². The molecule has 0 aromatic heterocycles. The van der Waals surface area contributed by atoms with Gasteiger partial charge >= 0.3 is 5.97 Å². The Bertz CT molecular complexity index is 882. The van der Waals surface area contributed by atoms with Gasteiger partial charge in [-0.05, 0) is 44.0 Å². The quantitative estimate of drug-likeness (QED) is 0.414. The van der Waals surface area contributed by atoms with Gasteiger partial charge in [0.25, 0.3) is 5.91 Å². The molecule has 3 atom stereocenters. The lowest BCUT2D eigenvalue weighted by Crippen LogP contribution is -2.39. The van der Waals surface area contributed by atoms with E-state index in [1.54, 1.807) is 24.3 Å². The van der Waals surface area contributed by atoms with Crippen LogP contribution in [0.5, 0.6) is 0 Å². The molecule has 1 fully saturated rings. The molecule has 1 aliphatic heterocycles. The number of imide groups is 1. The van der Waals surface area contributed by atoms with E-state index in [0.717, 1.165) is 4.90 Å². The monoisotopic (exact) mass is 413 g/mol. The van der Waals surface area contributed by atoms with Crippen molar-refractivity contribution in [2.45, 2.75) is 32.8 Å². The zero-order valence-electron chi connectivity index (χ0n) is 16.7. The molecule has 2 N–H and O–H groups in total. The number of fused-ring (bicyclic) bond motifs is 1. The number of hydrogen-bond acceptors (Lipinski definition) is 6. The highest BCUT2D eigenvalue weighted by atomic mass is 16.5. The average Bonchev–Trinajstić information content (AvgIpc) is 2.94. The number of hydrogen-bond donors (Lipinski definition) is 2. The molecule has 158 valence electrons. The second kappa shape index (κ2) is 8.89. The van der Waals surface area contributed by atoms with Crippen molar-refractivity contribution in [2.24, 2.45) is 11.8 Å². The predicted octanol–water partition coefficient (Wildman–Crippen LogP) is 1.47. The molecule has 4 amide bonds. The maximum Gasteiger partial charge on any atom is 0.326 e. The van der Waals surface area contributed by atoms with Gasteiger partial charge in [0.15, 0.2) is 6.10 Å². The van der Waals surface area contributed by atoms with Gasteiger partial charge in [0.2, 0.25) is 17.7 Å². The summed E-state index contributed by atoms with van der Waals surface area (Å²) in [5, 5.41) is 5.20. The summed E-state index contributed by atoms with van der Waals surface area (Å²) >= 11 is 0. The SMILES string of the molecule is CC(=O)Nc1ccc(NC(=O)[C@H](C)OC(=O)CN2C(=O)[C@H]3CC=CC[C@@H]3C2=O)cc1. The molecular formula is C21H23N3O6. The number of carbonyl (C=O) groups excluding carboxylic acids is 5. The number of allylic oxidation sites excluding steroid dienone is 2. The second-order valence-corrected chi connectivity index (χ2v) is 7.30. The third-order valence-corrected chi connectivity index (χ3v) is 5.04. The number of benzene rings is 1. The van der Waals surface area contributed by atoms with Gasteiger partial charge in [0.1, 0.15) is 6.54 Å². The van der Waals surface area contributed by atoms with Crippen molar-refractivity contribution in [1.82, 2.24) is 4.90 Å². The minimum Gasteiger partial charge on any atom is -0.451 e. The number of nitrogens with one attached hydrogen (secondary N) is 2. The lowest BCUT2D eigenvalue weighted by atomic mass is 9.85. The lowest BCUT2D eigenvalue weighted by Gasteiger charge is -2.17. The highest BCUT2D eigenvalue weighted by Gasteiger charge is 2.47. The molecule has 9 heteroatoms. The molecule has 30 heavy (non-hydrogen) atoms. The highest BCUT2D eigenvalue weighted by Crippen LogP contribution is 2.34. The fourth-order valence-corrected chi connectivity index (χ4v) is 3.53. The molecule has 0 radical (unpaired) electrons. The molecule has 0 bridgehead atoms. The summed E-state index contributed by atoms with van der Waals surface area (Å²) < 4.78 is 5.10. The summed E-state index contributed by atoms with van der Waals surface area (Å²) in [5.74, 6) is -3.18. The lowest BCUT2D eigenvalue weighted by molar-refractivity contribution is -0.158. The van der Waals surface area contributed by atoms with Gasteiger partial charge in [-0.25, -0.2) is 0 Å². The van der Waals surface area contributed by atoms with E-state index in [9.17, 15) is 24.0 Å². The van der Waals surface area contributed by atoms with Crippen LogP contribution in [0.25, 0.3) is 0 Å². The minimum absolute atomic E-state index is 0.210. The van der Waals surface area contributed by atoms with Crippen LogP contribution >= 0.6 is 0 Å². The molecule has 1 aromatic rings. The van der Waals surface area contributed by atoms with Crippen LogP contribution in [-0.4, -0.2) is 47.1 Å². The summed E-state index contributed by atoms with van der Waals surface area (Å²) in [7, 11) is 0. The van der Waals surface area contributed by atoms with Crippen molar-refractivity contribution in [3.63, 3.8) is 0 Å². The minimum atomic E-state index is -1.12. The van der Waals surface area contributed by atoms with E-state index in [-0.39, 0.29) is 17.7 Å². The largest absolute Gasteiger partial charge is 0.451 e. The fourth-order valence-electron chi connectivity index (χ4n) is 3.53. The first-order valence-electron chi connectivity index (χ1n) is 9.64. The summed E-state index contributed by atoms with van der Waals surface area (Å²) in [6.07, 6.45) is 3.58. The van der Waals surface area contributed by atoms with Crippen molar-refractivity contribution in [3.8, 4) is 0 Å². The van der Waals surface area contributed by atoms with Crippen molar-refractivity contribution in [1.29, 1.82) is 0 Å². The van der Waals surface area contributed by atoms with E-state index in [4.69, 9.17) is 4.74 Å². The van der Waals surface area contributed by atoms with Crippen molar-refractivity contribution in [2.75, 3.05) is 17.2 Å². The molecule has 9 nitrogen and oxygen atoms in total. The number of amides is 4. The highest BCUT2D eigenvalue weighted by molar-refractivity contribution is 6.07. The number of carbonyl (C=O) groups is 5. The van der Waals surface area contributed by atoms with Crippen LogP contribution in [0.15, 0.2) is 36.4 Å². The van der Waals surface area contributed by atoms with Crippen LogP contribution in [0, 0.1) is 11.8 Å². The van der Waals surface area contributed by atoms with Gasteiger partial charge in [-0.15, -0.1) is 0 Å². The molecule has 0 spiro atoms. The first-order valence-corrected chi connectivity index (χ1v) is 9.64. The Morgan fingerprint density at radius 3 is 2.00 bits per heavy atom. The first kappa shape index (κ1) is 21.2. The summed E-state index contributed by atoms with van der Waals surface area (Å²) in [4.78, 5) is 61.2. The Kier molecular flexibility index (Phi) is 6.29. The molecule has 1 saturated heterocycles. The summed E-state index contributed by atoms with van der Waals surface area (Å²) in [6, 6.07) is 6.42. The third kappa shape index (κ3) is 4.73. The van der Waals surface area contributed by atoms with E-state index in [0.29, 0.717) is 24.2 Å². The topological polar surface area (TPSA) is 122 Å². The molecule has 0 unspecified atom stereocenters. The maximum atomic E-state index is 12.4. The molecule has 3 rings (SSSR count). The number of ether oxygens (including phenoxy) is 1. The van der Waals surface area contributed by atoms with Crippen molar-refractivity contribution in [3.05, 3.63) is 36.4 Å². The van der Waals surface area contributed by atoms with Crippen LogP contribution in [0.1, 0.15) is 26.7 Å². The van der Waals surface area contributed by atoms with Crippen LogP contribution in [0.2, 0.25) is 0 Å². The van der Waals surface area contributed by atoms with Gasteiger partial charge in [0, 0.05) is 18.3 Å². The van der Waals surface area contributed by atoms with Crippen molar-refractivity contribution >= 4 is 41.0 Å². The van der Waals surface area contributed by atoms with Gasteiger partial charge in [-0.1, -0.05) is 12.2 Å². The number of nitrogens with zero attached hydrogens (tertiary/aromatic N) is 1. The Labute approximate surface area is 173 Å². The standard InChI is InChI=1S/C21H23N3O6/c1-12(19(27)23-15-9-7-14(8-10-15)22-13(2)25)30-18(26)11-24-20(28)16-5-3-4-6-17(16)21(24)29/h3-4,7-10,12,16-17H,5-6,11H2,1-2H3,(H,22,25)(H,23,27)/t12-,16-,17-/m0/s1. The Morgan fingerprint density at radius 2 is 1.50 bits per heavy atom. The molecule has 1 heterocycles. The summed E-state index contributed by atoms with van der Waals surface area (Å²) in [5.41, 5.74) is 1.04. The fraction of sp³-hybridized carbons (Fsp3) is 0.381. The van der Waals surface area contributed by atoms with E-state index in [1.807, 2.05) is 12.2 Å². The zero-order valence-corrected chi connectivity index (χ0v) is 16.7. The number of likely N-dealkylation sites (tertiary alicyclic amines) is 1.